The van der Waals surface area contributed by atoms with E-state index in [4.69, 9.17) is 4.74 Å². The van der Waals surface area contributed by atoms with Crippen LogP contribution in [0.15, 0.2) is 40.4 Å². The molecule has 6 heteroatoms. The zero-order valence-corrected chi connectivity index (χ0v) is 14.2. The Labute approximate surface area is 135 Å². The van der Waals surface area contributed by atoms with E-state index in [9.17, 15) is 4.79 Å². The molecule has 0 aliphatic rings. The first kappa shape index (κ1) is 16.4. The molecule has 0 radical (unpaired) electrons. The smallest absolute Gasteiger partial charge is 0.344 e. The lowest BCUT2D eigenvalue weighted by molar-refractivity contribution is 0.201. The lowest BCUT2D eigenvalue weighted by Gasteiger charge is -2.17. The van der Waals surface area contributed by atoms with Crippen molar-refractivity contribution in [3.8, 4) is 5.75 Å². The fourth-order valence-electron chi connectivity index (χ4n) is 2.08. The van der Waals surface area contributed by atoms with Gasteiger partial charge in [0, 0.05) is 19.3 Å². The summed E-state index contributed by atoms with van der Waals surface area (Å²) in [5.41, 5.74) is 1.15. The summed E-state index contributed by atoms with van der Waals surface area (Å²) in [6.45, 7) is 7.29. The van der Waals surface area contributed by atoms with E-state index in [2.05, 4.69) is 11.2 Å². The summed E-state index contributed by atoms with van der Waals surface area (Å²) in [7, 11) is 1.65. The molecule has 22 heavy (non-hydrogen) atoms. The first-order valence-electron chi connectivity index (χ1n) is 7.26. The van der Waals surface area contributed by atoms with Crippen LogP contribution in [0.4, 0.5) is 4.79 Å². The number of rotatable bonds is 5. The van der Waals surface area contributed by atoms with Crippen LogP contribution in [0, 0.1) is 6.92 Å². The van der Waals surface area contributed by atoms with E-state index in [0.717, 1.165) is 21.2 Å². The van der Waals surface area contributed by atoms with Gasteiger partial charge in [-0.3, -0.25) is 0 Å². The molecule has 0 aliphatic carbocycles. The van der Waals surface area contributed by atoms with Crippen molar-refractivity contribution in [2.24, 2.45) is 0 Å². The van der Waals surface area contributed by atoms with Gasteiger partial charge in [0.1, 0.15) is 10.8 Å². The fourth-order valence-corrected chi connectivity index (χ4v) is 3.06. The first-order chi connectivity index (χ1) is 10.6. The van der Waals surface area contributed by atoms with Gasteiger partial charge in [-0.25, -0.2) is 4.79 Å². The van der Waals surface area contributed by atoms with E-state index in [1.54, 1.807) is 18.2 Å². The van der Waals surface area contributed by atoms with Gasteiger partial charge in [0.05, 0.1) is 12.0 Å². The second kappa shape index (κ2) is 7.35. The van der Waals surface area contributed by atoms with Crippen molar-refractivity contribution in [2.75, 3.05) is 20.2 Å². The molecular weight excluding hydrogens is 298 g/mol. The number of carbonyl (C=O) groups is 1. The minimum atomic E-state index is -0.104. The lowest BCUT2D eigenvalue weighted by Crippen LogP contribution is -2.34. The molecule has 0 bridgehead atoms. The van der Waals surface area contributed by atoms with Crippen LogP contribution in [-0.4, -0.2) is 40.9 Å². The quantitative estimate of drug-likeness (QED) is 0.844. The Balaban J connectivity index is 2.19. The number of benzene rings is 1. The topological polar surface area (TPSA) is 47.4 Å². The molecule has 0 aliphatic heterocycles. The number of hydrogen-bond donors (Lipinski definition) is 0. The van der Waals surface area contributed by atoms with Crippen molar-refractivity contribution in [1.82, 2.24) is 14.7 Å². The number of aryl methyl sites for hydroxylation is 1. The Bertz CT molecular complexity index is 651. The second-order valence-electron chi connectivity index (χ2n) is 4.81. The minimum Gasteiger partial charge on any atom is -0.496 e. The summed E-state index contributed by atoms with van der Waals surface area (Å²) in [4.78, 5) is 15.0. The van der Waals surface area contributed by atoms with Crippen molar-refractivity contribution in [3.63, 3.8) is 0 Å². The standard InChI is InChI=1S/C16H21N3O2S/c1-5-18(6-2)16(20)19-10-9-15(17-19)22-14-11-12(3)7-8-13(14)21-4/h7-11H,5-6H2,1-4H3. The van der Waals surface area contributed by atoms with Crippen molar-refractivity contribution in [2.45, 2.75) is 30.7 Å². The third-order valence-corrected chi connectivity index (χ3v) is 4.29. The van der Waals surface area contributed by atoms with Crippen LogP contribution in [-0.2, 0) is 0 Å². The largest absolute Gasteiger partial charge is 0.496 e. The summed E-state index contributed by atoms with van der Waals surface area (Å²) in [5.74, 6) is 0.806. The molecule has 1 heterocycles. The maximum absolute atomic E-state index is 12.2. The predicted molar refractivity (Wildman–Crippen MR) is 87.8 cm³/mol. The Morgan fingerprint density at radius 3 is 2.68 bits per heavy atom. The van der Waals surface area contributed by atoms with Gasteiger partial charge < -0.3 is 9.64 Å². The van der Waals surface area contributed by atoms with Gasteiger partial charge in [-0.15, -0.1) is 0 Å². The molecule has 1 aromatic heterocycles. The van der Waals surface area contributed by atoms with Gasteiger partial charge in [-0.2, -0.15) is 9.78 Å². The highest BCUT2D eigenvalue weighted by Crippen LogP contribution is 2.34. The second-order valence-corrected chi connectivity index (χ2v) is 5.87. The highest BCUT2D eigenvalue weighted by molar-refractivity contribution is 7.99. The number of hydrogen-bond acceptors (Lipinski definition) is 4. The summed E-state index contributed by atoms with van der Waals surface area (Å²) in [5, 5.41) is 5.13. The molecule has 0 fully saturated rings. The van der Waals surface area contributed by atoms with E-state index in [1.165, 1.54) is 16.4 Å². The van der Waals surface area contributed by atoms with Gasteiger partial charge in [-0.1, -0.05) is 17.8 Å². The number of carbonyl (C=O) groups excluding carboxylic acids is 1. The molecule has 1 aromatic carbocycles. The Morgan fingerprint density at radius 1 is 1.32 bits per heavy atom. The van der Waals surface area contributed by atoms with Crippen LogP contribution in [0.1, 0.15) is 19.4 Å². The summed E-state index contributed by atoms with van der Waals surface area (Å²) >= 11 is 1.49. The molecule has 0 spiro atoms. The summed E-state index contributed by atoms with van der Waals surface area (Å²) in [6.07, 6.45) is 1.70. The molecule has 0 atom stereocenters. The molecule has 0 saturated heterocycles. The molecular formula is C16H21N3O2S. The SMILES string of the molecule is CCN(CC)C(=O)n1ccc(Sc2cc(C)ccc2OC)n1. The molecule has 2 rings (SSSR count). The molecule has 118 valence electrons. The van der Waals surface area contributed by atoms with Crippen LogP contribution in [0.5, 0.6) is 5.75 Å². The Kier molecular flexibility index (Phi) is 5.49. The maximum atomic E-state index is 12.2. The van der Waals surface area contributed by atoms with Crippen LogP contribution in [0.25, 0.3) is 0 Å². The third-order valence-electron chi connectivity index (χ3n) is 3.33. The summed E-state index contributed by atoms with van der Waals surface area (Å²) in [6, 6.07) is 7.73. The monoisotopic (exact) mass is 319 g/mol. The number of aromatic nitrogens is 2. The Morgan fingerprint density at radius 2 is 2.05 bits per heavy atom. The average Bonchev–Trinajstić information content (AvgIpc) is 2.97. The van der Waals surface area contributed by atoms with Crippen LogP contribution < -0.4 is 4.74 Å². The molecule has 2 aromatic rings. The van der Waals surface area contributed by atoms with Gasteiger partial charge in [-0.05, 0) is 44.5 Å². The van der Waals surface area contributed by atoms with E-state index in [1.807, 2.05) is 39.0 Å². The van der Waals surface area contributed by atoms with Crippen LogP contribution in [0.2, 0.25) is 0 Å². The molecule has 5 nitrogen and oxygen atoms in total. The number of methoxy groups -OCH3 is 1. The maximum Gasteiger partial charge on any atom is 0.344 e. The van der Waals surface area contributed by atoms with Crippen molar-refractivity contribution >= 4 is 17.8 Å². The highest BCUT2D eigenvalue weighted by Gasteiger charge is 2.14. The molecule has 0 saturated carbocycles. The number of nitrogens with zero attached hydrogens (tertiary/aromatic N) is 3. The number of amides is 1. The zero-order valence-electron chi connectivity index (χ0n) is 13.4. The van der Waals surface area contributed by atoms with E-state index < -0.39 is 0 Å². The molecule has 0 N–H and O–H groups in total. The molecule has 0 unspecified atom stereocenters. The van der Waals surface area contributed by atoms with Crippen LogP contribution in [0.3, 0.4) is 0 Å². The average molecular weight is 319 g/mol. The fraction of sp³-hybridized carbons (Fsp3) is 0.375. The van der Waals surface area contributed by atoms with Crippen molar-refractivity contribution in [1.29, 1.82) is 0 Å². The summed E-state index contributed by atoms with van der Waals surface area (Å²) < 4.78 is 6.76. The van der Waals surface area contributed by atoms with Gasteiger partial charge in [0.25, 0.3) is 0 Å². The third kappa shape index (κ3) is 3.62. The van der Waals surface area contributed by atoms with Crippen molar-refractivity contribution < 1.29 is 9.53 Å². The van der Waals surface area contributed by atoms with E-state index in [-0.39, 0.29) is 6.03 Å². The normalized spacial score (nSPS) is 10.5. The number of ether oxygens (including phenoxy) is 1. The van der Waals surface area contributed by atoms with Crippen LogP contribution >= 0.6 is 11.8 Å². The van der Waals surface area contributed by atoms with E-state index >= 15 is 0 Å². The zero-order chi connectivity index (χ0) is 16.1. The highest BCUT2D eigenvalue weighted by atomic mass is 32.2. The lowest BCUT2D eigenvalue weighted by atomic mass is 10.2. The minimum absolute atomic E-state index is 0.104. The van der Waals surface area contributed by atoms with Gasteiger partial charge >= 0.3 is 6.03 Å². The first-order valence-corrected chi connectivity index (χ1v) is 8.08. The predicted octanol–water partition coefficient (Wildman–Crippen LogP) is 3.66. The van der Waals surface area contributed by atoms with Gasteiger partial charge in [0.15, 0.2) is 0 Å². The Hall–Kier alpha value is -1.95. The van der Waals surface area contributed by atoms with Gasteiger partial charge in [0.2, 0.25) is 0 Å². The molecule has 1 amide bonds. The van der Waals surface area contributed by atoms with E-state index in [0.29, 0.717) is 13.1 Å². The van der Waals surface area contributed by atoms with Crippen molar-refractivity contribution in [3.05, 3.63) is 36.0 Å².